The van der Waals surface area contributed by atoms with Crippen LogP contribution in [0.1, 0.15) is 73.6 Å². The fraction of sp³-hybridized carbons (Fsp3) is 0.519. The van der Waals surface area contributed by atoms with Crippen LogP contribution in [0.3, 0.4) is 0 Å². The van der Waals surface area contributed by atoms with E-state index >= 15 is 0 Å². The number of ether oxygens (including phenoxy) is 1. The molecular formula is C27H36N2O4S. The zero-order valence-electron chi connectivity index (χ0n) is 20.5. The molecule has 0 fully saturated rings. The summed E-state index contributed by atoms with van der Waals surface area (Å²) in [5, 5.41) is 2.10. The predicted octanol–water partition coefficient (Wildman–Crippen LogP) is 4.89. The molecule has 34 heavy (non-hydrogen) atoms. The van der Waals surface area contributed by atoms with Crippen molar-refractivity contribution in [2.75, 3.05) is 26.2 Å². The second-order valence-electron chi connectivity index (χ2n) is 8.72. The number of esters is 1. The maximum atomic E-state index is 13.7. The number of thiophene rings is 1. The van der Waals surface area contributed by atoms with Crippen molar-refractivity contribution in [2.45, 2.75) is 65.3 Å². The summed E-state index contributed by atoms with van der Waals surface area (Å²) in [7, 11) is 0. The number of carbonyl (C=O) groups excluding carboxylic acids is 3. The summed E-state index contributed by atoms with van der Waals surface area (Å²) in [6, 6.07) is 10.2. The van der Waals surface area contributed by atoms with Gasteiger partial charge >= 0.3 is 5.97 Å². The van der Waals surface area contributed by atoms with E-state index in [-0.39, 0.29) is 43.2 Å². The van der Waals surface area contributed by atoms with Gasteiger partial charge in [0.05, 0.1) is 25.6 Å². The lowest BCUT2D eigenvalue weighted by molar-refractivity contribution is -0.146. The maximum Gasteiger partial charge on any atom is 0.306 e. The lowest BCUT2D eigenvalue weighted by atomic mass is 9.90. The minimum absolute atomic E-state index is 0.0349. The molecular weight excluding hydrogens is 448 g/mol. The number of fused-ring (bicyclic) bond motifs is 1. The molecule has 1 unspecified atom stereocenters. The summed E-state index contributed by atoms with van der Waals surface area (Å²) >= 11 is 1.74. The van der Waals surface area contributed by atoms with E-state index in [1.807, 2.05) is 17.0 Å². The van der Waals surface area contributed by atoms with Crippen molar-refractivity contribution >= 4 is 29.1 Å². The smallest absolute Gasteiger partial charge is 0.306 e. The van der Waals surface area contributed by atoms with Gasteiger partial charge in [0.15, 0.2) is 0 Å². The summed E-state index contributed by atoms with van der Waals surface area (Å²) < 4.78 is 4.96. The molecule has 1 aromatic heterocycles. The first-order valence-corrected chi connectivity index (χ1v) is 13.2. The van der Waals surface area contributed by atoms with E-state index in [4.69, 9.17) is 4.74 Å². The maximum absolute atomic E-state index is 13.7. The van der Waals surface area contributed by atoms with E-state index in [2.05, 4.69) is 37.4 Å². The van der Waals surface area contributed by atoms with E-state index in [9.17, 15) is 14.4 Å². The van der Waals surface area contributed by atoms with Crippen LogP contribution in [0.25, 0.3) is 0 Å². The van der Waals surface area contributed by atoms with Crippen molar-refractivity contribution in [1.82, 2.24) is 9.80 Å². The lowest BCUT2D eigenvalue weighted by Gasteiger charge is -2.38. The van der Waals surface area contributed by atoms with Crippen molar-refractivity contribution in [3.8, 4) is 0 Å². The van der Waals surface area contributed by atoms with Crippen LogP contribution < -0.4 is 0 Å². The van der Waals surface area contributed by atoms with Crippen molar-refractivity contribution in [2.24, 2.45) is 0 Å². The molecule has 3 rings (SSSR count). The van der Waals surface area contributed by atoms with Gasteiger partial charge in [-0.3, -0.25) is 14.4 Å². The van der Waals surface area contributed by atoms with Gasteiger partial charge in [0.2, 0.25) is 11.8 Å². The quantitative estimate of drug-likeness (QED) is 0.336. The Morgan fingerprint density at radius 1 is 1.09 bits per heavy atom. The molecule has 2 heterocycles. The summed E-state index contributed by atoms with van der Waals surface area (Å²) in [5.41, 5.74) is 3.46. The molecule has 0 radical (unpaired) electrons. The Morgan fingerprint density at radius 2 is 1.88 bits per heavy atom. The summed E-state index contributed by atoms with van der Waals surface area (Å²) in [6.45, 7) is 7.42. The zero-order valence-corrected chi connectivity index (χ0v) is 21.4. The molecule has 1 aliphatic rings. The molecule has 1 aliphatic heterocycles. The first kappa shape index (κ1) is 25.9. The highest BCUT2D eigenvalue weighted by Gasteiger charge is 2.34. The van der Waals surface area contributed by atoms with Crippen LogP contribution in [-0.4, -0.2) is 53.8 Å². The van der Waals surface area contributed by atoms with Gasteiger partial charge < -0.3 is 14.5 Å². The van der Waals surface area contributed by atoms with Gasteiger partial charge in [0, 0.05) is 24.4 Å². The number of unbranched alkanes of at least 4 members (excludes halogenated alkanes) is 2. The van der Waals surface area contributed by atoms with Gasteiger partial charge in [0.1, 0.15) is 0 Å². The van der Waals surface area contributed by atoms with Crippen LogP contribution in [0, 0.1) is 6.92 Å². The summed E-state index contributed by atoms with van der Waals surface area (Å²) in [5.74, 6) is -0.597. The average molecular weight is 485 g/mol. The van der Waals surface area contributed by atoms with Crippen molar-refractivity contribution in [3.63, 3.8) is 0 Å². The van der Waals surface area contributed by atoms with Crippen LogP contribution in [0.4, 0.5) is 0 Å². The lowest BCUT2D eigenvalue weighted by Crippen LogP contribution is -2.47. The highest BCUT2D eigenvalue weighted by atomic mass is 32.1. The number of benzene rings is 1. The van der Waals surface area contributed by atoms with Gasteiger partial charge in [-0.05, 0) is 54.8 Å². The summed E-state index contributed by atoms with van der Waals surface area (Å²) in [6.07, 6.45) is 3.79. The molecule has 0 saturated heterocycles. The monoisotopic (exact) mass is 484 g/mol. The molecule has 1 aromatic carbocycles. The Kier molecular flexibility index (Phi) is 9.69. The molecule has 0 N–H and O–H groups in total. The third-order valence-electron chi connectivity index (χ3n) is 6.33. The average Bonchev–Trinajstić information content (AvgIpc) is 3.31. The Morgan fingerprint density at radius 3 is 2.62 bits per heavy atom. The molecule has 0 spiro atoms. The zero-order chi connectivity index (χ0) is 24.5. The number of aryl methyl sites for hydroxylation is 1. The molecule has 6 nitrogen and oxygen atoms in total. The fourth-order valence-corrected chi connectivity index (χ4v) is 5.42. The first-order valence-electron chi connectivity index (χ1n) is 12.3. The molecule has 2 amide bonds. The van der Waals surface area contributed by atoms with E-state index in [1.165, 1.54) is 10.4 Å². The minimum Gasteiger partial charge on any atom is -0.466 e. The van der Waals surface area contributed by atoms with Crippen LogP contribution in [0.2, 0.25) is 0 Å². The molecule has 7 heteroatoms. The molecule has 2 aromatic rings. The SMILES string of the molecule is CCCCCN(CC(=O)N1CCc2sccc2C1c1ccccc1C)C(=O)CCC(=O)OCC. The summed E-state index contributed by atoms with van der Waals surface area (Å²) in [4.78, 5) is 43.3. The van der Waals surface area contributed by atoms with Crippen molar-refractivity contribution in [1.29, 1.82) is 0 Å². The Balaban J connectivity index is 1.79. The van der Waals surface area contributed by atoms with Gasteiger partial charge in [-0.15, -0.1) is 11.3 Å². The second kappa shape index (κ2) is 12.7. The van der Waals surface area contributed by atoms with Crippen LogP contribution in [-0.2, 0) is 25.5 Å². The number of hydrogen-bond acceptors (Lipinski definition) is 5. The van der Waals surface area contributed by atoms with Crippen LogP contribution in [0.15, 0.2) is 35.7 Å². The first-order chi connectivity index (χ1) is 16.5. The highest BCUT2D eigenvalue weighted by molar-refractivity contribution is 7.10. The third-order valence-corrected chi connectivity index (χ3v) is 7.32. The molecule has 0 saturated carbocycles. The van der Waals surface area contributed by atoms with Crippen molar-refractivity contribution in [3.05, 3.63) is 57.3 Å². The normalized spacial score (nSPS) is 15.0. The van der Waals surface area contributed by atoms with Gasteiger partial charge in [-0.25, -0.2) is 0 Å². The van der Waals surface area contributed by atoms with E-state index in [0.29, 0.717) is 19.7 Å². The molecule has 0 bridgehead atoms. The number of carbonyl (C=O) groups is 3. The minimum atomic E-state index is -0.378. The van der Waals surface area contributed by atoms with Crippen LogP contribution in [0.5, 0.6) is 0 Å². The fourth-order valence-electron chi connectivity index (χ4n) is 4.51. The van der Waals surface area contributed by atoms with Gasteiger partial charge in [-0.1, -0.05) is 44.0 Å². The number of rotatable bonds is 11. The van der Waals surface area contributed by atoms with E-state index < -0.39 is 0 Å². The number of amides is 2. The number of hydrogen-bond donors (Lipinski definition) is 0. The van der Waals surface area contributed by atoms with E-state index in [0.717, 1.165) is 36.8 Å². The standard InChI is InChI=1S/C27H36N2O4S/c1-4-6-9-16-28(24(30)12-13-26(32)33-5-2)19-25(31)29-17-14-23-22(15-18-34-23)27(29)21-11-8-7-10-20(21)3/h7-8,10-11,15,18,27H,4-6,9,12-14,16-17,19H2,1-3H3. The topological polar surface area (TPSA) is 66.9 Å². The van der Waals surface area contributed by atoms with E-state index in [1.54, 1.807) is 23.2 Å². The Labute approximate surface area is 206 Å². The molecule has 0 aliphatic carbocycles. The largest absolute Gasteiger partial charge is 0.466 e. The van der Waals surface area contributed by atoms with Gasteiger partial charge in [0.25, 0.3) is 0 Å². The Hall–Kier alpha value is -2.67. The second-order valence-corrected chi connectivity index (χ2v) is 9.72. The number of nitrogens with zero attached hydrogens (tertiary/aromatic N) is 2. The van der Waals surface area contributed by atoms with Crippen LogP contribution >= 0.6 is 11.3 Å². The molecule has 1 atom stereocenters. The van der Waals surface area contributed by atoms with Crippen molar-refractivity contribution < 1.29 is 19.1 Å². The van der Waals surface area contributed by atoms with Gasteiger partial charge in [-0.2, -0.15) is 0 Å². The Bertz CT molecular complexity index is 987. The predicted molar refractivity (Wildman–Crippen MR) is 135 cm³/mol. The highest BCUT2D eigenvalue weighted by Crippen LogP contribution is 2.39. The molecule has 184 valence electrons. The third kappa shape index (κ3) is 6.47.